The van der Waals surface area contributed by atoms with E-state index in [1.807, 2.05) is 32.0 Å². The van der Waals surface area contributed by atoms with E-state index in [4.69, 9.17) is 4.74 Å². The van der Waals surface area contributed by atoms with Crippen molar-refractivity contribution in [2.45, 2.75) is 24.9 Å². The highest BCUT2D eigenvalue weighted by Gasteiger charge is 2.20. The van der Waals surface area contributed by atoms with E-state index in [0.717, 1.165) is 15.8 Å². The quantitative estimate of drug-likeness (QED) is 0.793. The van der Waals surface area contributed by atoms with Gasteiger partial charge in [-0.2, -0.15) is 0 Å². The van der Waals surface area contributed by atoms with Crippen LogP contribution in [-0.4, -0.2) is 22.2 Å². The number of fused-ring (bicyclic) bond motifs is 1. The predicted octanol–water partition coefficient (Wildman–Crippen LogP) is 3.61. The zero-order valence-electron chi connectivity index (χ0n) is 10.4. The van der Waals surface area contributed by atoms with Crippen LogP contribution >= 0.6 is 23.5 Å². The van der Waals surface area contributed by atoms with Crippen molar-refractivity contribution in [3.8, 4) is 0 Å². The standard InChI is InChI=1S/C13H15NO2S2/c1-3-16-12(15)9(2)18-13-14-11-7-5-4-6-10(11)8-17-13/h4-7,9H,3,8H2,1-2H3. The number of thioether (sulfide) groups is 2. The van der Waals surface area contributed by atoms with Crippen molar-refractivity contribution in [3.63, 3.8) is 0 Å². The van der Waals surface area contributed by atoms with E-state index in [2.05, 4.69) is 11.1 Å². The molecule has 1 unspecified atom stereocenters. The Bertz CT molecular complexity index is 474. The lowest BCUT2D eigenvalue weighted by atomic mass is 10.2. The molecule has 0 saturated heterocycles. The minimum Gasteiger partial charge on any atom is -0.465 e. The average Bonchev–Trinajstić information content (AvgIpc) is 2.39. The van der Waals surface area contributed by atoms with Crippen LogP contribution < -0.4 is 0 Å². The topological polar surface area (TPSA) is 38.7 Å². The maximum absolute atomic E-state index is 11.6. The summed E-state index contributed by atoms with van der Waals surface area (Å²) in [7, 11) is 0. The van der Waals surface area contributed by atoms with Gasteiger partial charge in [0.15, 0.2) is 0 Å². The SMILES string of the molecule is CCOC(=O)C(C)SC1=Nc2ccccc2CS1. The molecule has 1 aliphatic heterocycles. The number of carbonyl (C=O) groups is 1. The van der Waals surface area contributed by atoms with Crippen LogP contribution in [0.2, 0.25) is 0 Å². The summed E-state index contributed by atoms with van der Waals surface area (Å²) >= 11 is 3.15. The third kappa shape index (κ3) is 3.29. The number of carbonyl (C=O) groups excluding carboxylic acids is 1. The van der Waals surface area contributed by atoms with Crippen molar-refractivity contribution in [1.82, 2.24) is 0 Å². The number of para-hydroxylation sites is 1. The first kappa shape index (κ1) is 13.5. The van der Waals surface area contributed by atoms with Gasteiger partial charge in [0, 0.05) is 5.75 Å². The number of ether oxygens (including phenoxy) is 1. The molecule has 18 heavy (non-hydrogen) atoms. The molecule has 0 saturated carbocycles. The van der Waals surface area contributed by atoms with E-state index in [1.165, 1.54) is 17.3 Å². The summed E-state index contributed by atoms with van der Waals surface area (Å²) in [6.45, 7) is 4.09. The molecule has 1 aliphatic rings. The van der Waals surface area contributed by atoms with Gasteiger partial charge in [0.05, 0.1) is 12.3 Å². The molecular weight excluding hydrogens is 266 g/mol. The minimum atomic E-state index is -0.207. The molecule has 3 nitrogen and oxygen atoms in total. The Morgan fingerprint density at radius 1 is 1.56 bits per heavy atom. The van der Waals surface area contributed by atoms with Crippen LogP contribution in [0.1, 0.15) is 19.4 Å². The van der Waals surface area contributed by atoms with Crippen molar-refractivity contribution < 1.29 is 9.53 Å². The predicted molar refractivity (Wildman–Crippen MR) is 78.5 cm³/mol. The molecular formula is C13H15NO2S2. The van der Waals surface area contributed by atoms with Gasteiger partial charge >= 0.3 is 5.97 Å². The number of nitrogens with zero attached hydrogens (tertiary/aromatic N) is 1. The summed E-state index contributed by atoms with van der Waals surface area (Å²) in [5.41, 5.74) is 2.26. The third-order valence-electron chi connectivity index (χ3n) is 2.45. The molecule has 1 atom stereocenters. The molecule has 0 spiro atoms. The van der Waals surface area contributed by atoms with Gasteiger partial charge in [-0.3, -0.25) is 4.79 Å². The van der Waals surface area contributed by atoms with Crippen molar-refractivity contribution in [2.24, 2.45) is 4.99 Å². The number of hydrogen-bond acceptors (Lipinski definition) is 5. The fourth-order valence-corrected chi connectivity index (χ4v) is 3.72. The monoisotopic (exact) mass is 281 g/mol. The molecule has 0 N–H and O–H groups in total. The van der Waals surface area contributed by atoms with Gasteiger partial charge in [0.1, 0.15) is 9.63 Å². The number of hydrogen-bond donors (Lipinski definition) is 0. The van der Waals surface area contributed by atoms with Crippen LogP contribution in [0.4, 0.5) is 5.69 Å². The van der Waals surface area contributed by atoms with Gasteiger partial charge in [-0.25, -0.2) is 4.99 Å². The first-order valence-corrected chi connectivity index (χ1v) is 7.70. The molecule has 0 aromatic heterocycles. The normalized spacial score (nSPS) is 15.6. The summed E-state index contributed by atoms with van der Waals surface area (Å²) in [5.74, 6) is 0.738. The second kappa shape index (κ2) is 6.29. The zero-order chi connectivity index (χ0) is 13.0. The first-order valence-electron chi connectivity index (χ1n) is 5.83. The highest BCUT2D eigenvalue weighted by Crippen LogP contribution is 2.35. The Morgan fingerprint density at radius 3 is 3.11 bits per heavy atom. The van der Waals surface area contributed by atoms with E-state index in [9.17, 15) is 4.79 Å². The maximum Gasteiger partial charge on any atom is 0.319 e. The van der Waals surface area contributed by atoms with Gasteiger partial charge < -0.3 is 4.74 Å². The summed E-state index contributed by atoms with van der Waals surface area (Å²) < 4.78 is 5.93. The Hall–Kier alpha value is -0.940. The number of rotatable bonds is 3. The summed E-state index contributed by atoms with van der Waals surface area (Å²) in [6.07, 6.45) is 0. The Morgan fingerprint density at radius 2 is 2.33 bits per heavy atom. The molecule has 0 radical (unpaired) electrons. The van der Waals surface area contributed by atoms with Gasteiger partial charge in [-0.05, 0) is 25.5 Å². The molecule has 0 amide bonds. The third-order valence-corrected chi connectivity index (χ3v) is 4.73. The van der Waals surface area contributed by atoms with Gasteiger partial charge in [-0.1, -0.05) is 41.7 Å². The van der Waals surface area contributed by atoms with Gasteiger partial charge in [0.2, 0.25) is 0 Å². The van der Waals surface area contributed by atoms with Crippen molar-refractivity contribution in [3.05, 3.63) is 29.8 Å². The molecule has 1 aromatic carbocycles. The van der Waals surface area contributed by atoms with E-state index in [0.29, 0.717) is 6.61 Å². The van der Waals surface area contributed by atoms with Crippen LogP contribution in [0, 0.1) is 0 Å². The van der Waals surface area contributed by atoms with E-state index >= 15 is 0 Å². The van der Waals surface area contributed by atoms with Crippen LogP contribution in [-0.2, 0) is 15.3 Å². The van der Waals surface area contributed by atoms with Crippen LogP contribution in [0.25, 0.3) is 0 Å². The van der Waals surface area contributed by atoms with Crippen molar-refractivity contribution in [2.75, 3.05) is 6.61 Å². The second-order valence-corrected chi connectivity index (χ2v) is 6.36. The summed E-state index contributed by atoms with van der Waals surface area (Å²) in [5, 5.41) is -0.207. The highest BCUT2D eigenvalue weighted by atomic mass is 32.2. The van der Waals surface area contributed by atoms with Crippen LogP contribution in [0.3, 0.4) is 0 Å². The first-order chi connectivity index (χ1) is 8.70. The second-order valence-electron chi connectivity index (χ2n) is 3.81. The largest absolute Gasteiger partial charge is 0.465 e. The smallest absolute Gasteiger partial charge is 0.319 e. The molecule has 0 fully saturated rings. The summed E-state index contributed by atoms with van der Waals surface area (Å²) in [6, 6.07) is 8.09. The molecule has 0 bridgehead atoms. The molecule has 1 heterocycles. The van der Waals surface area contributed by atoms with E-state index in [1.54, 1.807) is 11.8 Å². The maximum atomic E-state index is 11.6. The van der Waals surface area contributed by atoms with E-state index in [-0.39, 0.29) is 11.2 Å². The Balaban J connectivity index is 2.04. The fraction of sp³-hybridized carbons (Fsp3) is 0.385. The molecule has 2 rings (SSSR count). The fourth-order valence-electron chi connectivity index (χ4n) is 1.53. The number of aliphatic imine (C=N–C) groups is 1. The number of benzene rings is 1. The number of esters is 1. The highest BCUT2D eigenvalue weighted by molar-refractivity contribution is 8.39. The van der Waals surface area contributed by atoms with Gasteiger partial charge in [-0.15, -0.1) is 0 Å². The Kier molecular flexibility index (Phi) is 4.72. The molecule has 5 heteroatoms. The minimum absolute atomic E-state index is 0.176. The average molecular weight is 281 g/mol. The van der Waals surface area contributed by atoms with Crippen LogP contribution in [0.5, 0.6) is 0 Å². The van der Waals surface area contributed by atoms with Gasteiger partial charge in [0.25, 0.3) is 0 Å². The summed E-state index contributed by atoms with van der Waals surface area (Å²) in [4.78, 5) is 16.1. The lowest BCUT2D eigenvalue weighted by molar-refractivity contribution is -0.142. The van der Waals surface area contributed by atoms with Crippen molar-refractivity contribution in [1.29, 1.82) is 0 Å². The molecule has 0 aliphatic carbocycles. The van der Waals surface area contributed by atoms with Crippen LogP contribution in [0.15, 0.2) is 29.3 Å². The van der Waals surface area contributed by atoms with Crippen molar-refractivity contribution >= 4 is 39.6 Å². The zero-order valence-corrected chi connectivity index (χ0v) is 12.0. The molecule has 96 valence electrons. The molecule has 1 aromatic rings. The Labute approximate surface area is 115 Å². The van der Waals surface area contributed by atoms with E-state index < -0.39 is 0 Å². The lowest BCUT2D eigenvalue weighted by Gasteiger charge is -2.16. The lowest BCUT2D eigenvalue weighted by Crippen LogP contribution is -2.18.